The normalized spacial score (nSPS) is 21.7. The van der Waals surface area contributed by atoms with Crippen LogP contribution in [0.3, 0.4) is 0 Å². The van der Waals surface area contributed by atoms with Gasteiger partial charge in [-0.3, -0.25) is 0 Å². The first kappa shape index (κ1) is 19.9. The van der Waals surface area contributed by atoms with Crippen molar-refractivity contribution in [2.24, 2.45) is 0 Å². The van der Waals surface area contributed by atoms with Crippen LogP contribution >= 0.6 is 11.6 Å². The van der Waals surface area contributed by atoms with Crippen molar-refractivity contribution >= 4 is 23.3 Å². The summed E-state index contributed by atoms with van der Waals surface area (Å²) in [7, 11) is 0. The number of ether oxygens (including phenoxy) is 1. The highest BCUT2D eigenvalue weighted by atomic mass is 35.5. The van der Waals surface area contributed by atoms with Gasteiger partial charge in [0.15, 0.2) is 0 Å². The first-order chi connectivity index (χ1) is 13.6. The Morgan fingerprint density at radius 2 is 1.86 bits per heavy atom. The second-order valence-corrected chi connectivity index (χ2v) is 8.49. The SMILES string of the molecule is CC1(C)C[C@@H](NC(=O)Nc2ccc(F)c3c2C[C@H](O)C3)c2ccc(F)c(Cl)c2O1. The van der Waals surface area contributed by atoms with Crippen molar-refractivity contribution in [3.63, 3.8) is 0 Å². The number of carbonyl (C=O) groups is 1. The number of aliphatic hydroxyl groups excluding tert-OH is 1. The van der Waals surface area contributed by atoms with Crippen LogP contribution in [0.25, 0.3) is 0 Å². The molecule has 29 heavy (non-hydrogen) atoms. The van der Waals surface area contributed by atoms with E-state index in [9.17, 15) is 18.7 Å². The van der Waals surface area contributed by atoms with Crippen molar-refractivity contribution in [1.82, 2.24) is 5.32 Å². The molecule has 0 saturated heterocycles. The molecule has 0 bridgehead atoms. The number of fused-ring (bicyclic) bond motifs is 2. The number of amides is 2. The fourth-order valence-electron chi connectivity index (χ4n) is 4.07. The highest BCUT2D eigenvalue weighted by Crippen LogP contribution is 2.44. The van der Waals surface area contributed by atoms with E-state index in [0.29, 0.717) is 28.8 Å². The minimum atomic E-state index is -0.663. The Balaban J connectivity index is 1.57. The van der Waals surface area contributed by atoms with Crippen molar-refractivity contribution in [3.8, 4) is 5.75 Å². The Bertz CT molecular complexity index is 996. The molecule has 0 saturated carbocycles. The van der Waals surface area contributed by atoms with Gasteiger partial charge in [0.1, 0.15) is 28.0 Å². The average molecular weight is 423 g/mol. The molecule has 3 N–H and O–H groups in total. The molecule has 2 aromatic rings. The first-order valence-corrected chi connectivity index (χ1v) is 9.75. The number of halogens is 3. The summed E-state index contributed by atoms with van der Waals surface area (Å²) in [5.74, 6) is -0.759. The third kappa shape index (κ3) is 3.76. The van der Waals surface area contributed by atoms with E-state index >= 15 is 0 Å². The number of urea groups is 1. The van der Waals surface area contributed by atoms with Crippen LogP contribution in [-0.4, -0.2) is 22.8 Å². The van der Waals surface area contributed by atoms with Crippen LogP contribution in [0.4, 0.5) is 19.3 Å². The molecule has 1 heterocycles. The van der Waals surface area contributed by atoms with E-state index in [1.54, 1.807) is 6.07 Å². The number of hydrogen-bond donors (Lipinski definition) is 3. The zero-order chi connectivity index (χ0) is 20.9. The number of benzene rings is 2. The van der Waals surface area contributed by atoms with Gasteiger partial charge in [-0.05, 0) is 43.2 Å². The van der Waals surface area contributed by atoms with E-state index in [-0.39, 0.29) is 29.4 Å². The minimum absolute atomic E-state index is 0.118. The molecule has 5 nitrogen and oxygen atoms in total. The Kier molecular flexibility index (Phi) is 4.91. The summed E-state index contributed by atoms with van der Waals surface area (Å²) >= 11 is 6.07. The van der Waals surface area contributed by atoms with Gasteiger partial charge in [-0.1, -0.05) is 17.7 Å². The van der Waals surface area contributed by atoms with Crippen LogP contribution in [0.2, 0.25) is 5.02 Å². The maximum absolute atomic E-state index is 14.0. The van der Waals surface area contributed by atoms with Gasteiger partial charge in [0, 0.05) is 30.5 Å². The van der Waals surface area contributed by atoms with Gasteiger partial charge in [-0.25, -0.2) is 13.6 Å². The fraction of sp³-hybridized carbons (Fsp3) is 0.381. The molecule has 0 unspecified atom stereocenters. The lowest BCUT2D eigenvalue weighted by Crippen LogP contribution is -2.42. The highest BCUT2D eigenvalue weighted by Gasteiger charge is 2.37. The third-order valence-electron chi connectivity index (χ3n) is 5.34. The molecular formula is C21H21ClF2N2O3. The standard InChI is InChI=1S/C21H21ClF2N2O3/c1-21(2)9-17(11-3-4-15(24)18(22)19(11)29-21)26-20(28)25-16-6-5-14(23)12-7-10(27)8-13(12)16/h3-6,10,17,27H,7-9H2,1-2H3,(H2,25,26,28)/t10-,17-/m1/s1. The number of aliphatic hydroxyl groups is 1. The lowest BCUT2D eigenvalue weighted by atomic mass is 9.89. The van der Waals surface area contributed by atoms with Crippen LogP contribution in [0, 0.1) is 11.6 Å². The first-order valence-electron chi connectivity index (χ1n) is 9.37. The maximum Gasteiger partial charge on any atom is 0.319 e. The molecule has 154 valence electrons. The summed E-state index contributed by atoms with van der Waals surface area (Å²) in [5.41, 5.74) is 1.41. The quantitative estimate of drug-likeness (QED) is 0.667. The summed E-state index contributed by atoms with van der Waals surface area (Å²) in [5, 5.41) is 15.4. The van der Waals surface area contributed by atoms with Gasteiger partial charge in [0.25, 0.3) is 0 Å². The van der Waals surface area contributed by atoms with Gasteiger partial charge in [-0.2, -0.15) is 0 Å². The van der Waals surface area contributed by atoms with Crippen LogP contribution in [0.15, 0.2) is 24.3 Å². The Morgan fingerprint density at radius 3 is 2.62 bits per heavy atom. The third-order valence-corrected chi connectivity index (χ3v) is 5.69. The summed E-state index contributed by atoms with van der Waals surface area (Å²) in [6.07, 6.45) is 0.301. The Labute approximate surface area is 172 Å². The molecule has 1 aliphatic heterocycles. The van der Waals surface area contributed by atoms with Crippen molar-refractivity contribution in [2.45, 2.75) is 50.9 Å². The topological polar surface area (TPSA) is 70.6 Å². The van der Waals surface area contributed by atoms with Crippen LogP contribution in [0.5, 0.6) is 5.75 Å². The van der Waals surface area contributed by atoms with Crippen molar-refractivity contribution < 1.29 is 23.4 Å². The number of nitrogens with one attached hydrogen (secondary N) is 2. The van der Waals surface area contributed by atoms with Gasteiger partial charge in [-0.15, -0.1) is 0 Å². The molecule has 2 aliphatic rings. The zero-order valence-corrected chi connectivity index (χ0v) is 16.7. The molecule has 2 amide bonds. The highest BCUT2D eigenvalue weighted by molar-refractivity contribution is 6.32. The van der Waals surface area contributed by atoms with E-state index in [1.807, 2.05) is 13.8 Å². The average Bonchev–Trinajstić information content (AvgIpc) is 3.03. The molecule has 0 radical (unpaired) electrons. The predicted octanol–water partition coefficient (Wildman–Crippen LogP) is 4.50. The summed E-state index contributed by atoms with van der Waals surface area (Å²) in [6, 6.07) is 4.61. The molecule has 2 atom stereocenters. The smallest absolute Gasteiger partial charge is 0.319 e. The van der Waals surface area contributed by atoms with E-state index in [4.69, 9.17) is 16.3 Å². The van der Waals surface area contributed by atoms with Crippen molar-refractivity contribution in [3.05, 3.63) is 57.6 Å². The Hall–Kier alpha value is -2.38. The monoisotopic (exact) mass is 422 g/mol. The summed E-state index contributed by atoms with van der Waals surface area (Å²) in [4.78, 5) is 12.7. The van der Waals surface area contributed by atoms with Crippen LogP contribution in [-0.2, 0) is 12.8 Å². The fourth-order valence-corrected chi connectivity index (χ4v) is 4.28. The van der Waals surface area contributed by atoms with E-state index in [0.717, 1.165) is 0 Å². The lowest BCUT2D eigenvalue weighted by molar-refractivity contribution is 0.0679. The van der Waals surface area contributed by atoms with Crippen LogP contribution in [0.1, 0.15) is 43.0 Å². The number of rotatable bonds is 2. The number of hydrogen-bond acceptors (Lipinski definition) is 3. The van der Waals surface area contributed by atoms with E-state index < -0.39 is 29.6 Å². The number of carbonyl (C=O) groups excluding carboxylic acids is 1. The second kappa shape index (κ2) is 7.15. The molecule has 8 heteroatoms. The molecule has 1 aliphatic carbocycles. The number of anilines is 1. The van der Waals surface area contributed by atoms with Crippen molar-refractivity contribution in [2.75, 3.05) is 5.32 Å². The molecule has 0 aromatic heterocycles. The van der Waals surface area contributed by atoms with E-state index in [1.165, 1.54) is 18.2 Å². The minimum Gasteiger partial charge on any atom is -0.486 e. The van der Waals surface area contributed by atoms with Gasteiger partial charge in [0.2, 0.25) is 0 Å². The molecular weight excluding hydrogens is 402 g/mol. The lowest BCUT2D eigenvalue weighted by Gasteiger charge is -2.38. The van der Waals surface area contributed by atoms with Crippen molar-refractivity contribution in [1.29, 1.82) is 0 Å². The molecule has 2 aromatic carbocycles. The van der Waals surface area contributed by atoms with Crippen LogP contribution < -0.4 is 15.4 Å². The summed E-state index contributed by atoms with van der Waals surface area (Å²) < 4.78 is 33.7. The maximum atomic E-state index is 14.0. The van der Waals surface area contributed by atoms with E-state index in [2.05, 4.69) is 10.6 Å². The van der Waals surface area contributed by atoms with Gasteiger partial charge >= 0.3 is 6.03 Å². The second-order valence-electron chi connectivity index (χ2n) is 8.11. The molecule has 0 fully saturated rings. The largest absolute Gasteiger partial charge is 0.486 e. The zero-order valence-electron chi connectivity index (χ0n) is 16.0. The summed E-state index contributed by atoms with van der Waals surface area (Å²) in [6.45, 7) is 3.66. The molecule has 0 spiro atoms. The predicted molar refractivity (Wildman–Crippen MR) is 105 cm³/mol. The Morgan fingerprint density at radius 1 is 1.17 bits per heavy atom. The van der Waals surface area contributed by atoms with Gasteiger partial charge in [0.05, 0.1) is 12.1 Å². The van der Waals surface area contributed by atoms with Gasteiger partial charge < -0.3 is 20.5 Å². The molecule has 4 rings (SSSR count).